The minimum atomic E-state index is 0.157. The smallest absolute Gasteiger partial charge is 0.155 e. The maximum atomic E-state index is 11.1. The highest BCUT2D eigenvalue weighted by Crippen LogP contribution is 2.07. The highest BCUT2D eigenvalue weighted by Gasteiger charge is 2.04. The third-order valence-corrected chi connectivity index (χ3v) is 2.01. The van der Waals surface area contributed by atoms with E-state index in [1.807, 2.05) is 6.08 Å². The number of Topliss-reactive ketones (excluding diaryl/α,β-unsaturated/α-hetero) is 1. The number of allylic oxidation sites excluding steroid dienone is 2. The van der Waals surface area contributed by atoms with E-state index in [1.54, 1.807) is 6.08 Å². The molecule has 1 aliphatic rings. The van der Waals surface area contributed by atoms with E-state index in [4.69, 9.17) is 0 Å². The molecule has 0 bridgehead atoms. The Morgan fingerprint density at radius 2 is 1.75 bits per heavy atom. The summed E-state index contributed by atoms with van der Waals surface area (Å²) in [4.78, 5) is 22.1. The Morgan fingerprint density at radius 3 is 2.58 bits per heavy atom. The van der Waals surface area contributed by atoms with E-state index in [0.717, 1.165) is 19.3 Å². The topological polar surface area (TPSA) is 34.1 Å². The molecule has 0 radical (unpaired) electrons. The summed E-state index contributed by atoms with van der Waals surface area (Å²) in [5.41, 5.74) is 0. The quantitative estimate of drug-likeness (QED) is 0.551. The monoisotopic (exact) mass is 166 g/mol. The standard InChI is InChI=1S/C10H14O2/c11-9-5-2-1-3-6-10(12)8-4-7-9/h2,5H,1,3-4,6-8H2/b5-2-. The Morgan fingerprint density at radius 1 is 1.00 bits per heavy atom. The van der Waals surface area contributed by atoms with Gasteiger partial charge in [-0.25, -0.2) is 0 Å². The lowest BCUT2D eigenvalue weighted by molar-refractivity contribution is -0.119. The molecule has 0 saturated heterocycles. The lowest BCUT2D eigenvalue weighted by Gasteiger charge is -2.01. The number of rotatable bonds is 0. The normalized spacial score (nSPS) is 23.7. The fourth-order valence-corrected chi connectivity index (χ4v) is 1.30. The van der Waals surface area contributed by atoms with E-state index in [1.165, 1.54) is 0 Å². The van der Waals surface area contributed by atoms with Gasteiger partial charge in [0.15, 0.2) is 5.78 Å². The number of carbonyl (C=O) groups is 2. The summed E-state index contributed by atoms with van der Waals surface area (Å²) < 4.78 is 0. The van der Waals surface area contributed by atoms with Gasteiger partial charge in [0, 0.05) is 19.3 Å². The highest BCUT2D eigenvalue weighted by molar-refractivity contribution is 5.90. The van der Waals surface area contributed by atoms with Gasteiger partial charge in [0.25, 0.3) is 0 Å². The third-order valence-electron chi connectivity index (χ3n) is 2.01. The summed E-state index contributed by atoms with van der Waals surface area (Å²) in [5.74, 6) is 0.461. The average molecular weight is 166 g/mol. The van der Waals surface area contributed by atoms with Crippen LogP contribution in [-0.4, -0.2) is 11.6 Å². The predicted molar refractivity (Wildman–Crippen MR) is 46.9 cm³/mol. The van der Waals surface area contributed by atoms with Crippen molar-refractivity contribution in [3.8, 4) is 0 Å². The van der Waals surface area contributed by atoms with Gasteiger partial charge in [0.1, 0.15) is 5.78 Å². The van der Waals surface area contributed by atoms with Crippen molar-refractivity contribution in [2.75, 3.05) is 0 Å². The molecule has 0 unspecified atom stereocenters. The lowest BCUT2D eigenvalue weighted by Crippen LogP contribution is -2.01. The number of ketones is 2. The molecule has 0 saturated carbocycles. The molecular weight excluding hydrogens is 152 g/mol. The van der Waals surface area contributed by atoms with Crippen LogP contribution in [0.2, 0.25) is 0 Å². The minimum absolute atomic E-state index is 0.157. The maximum absolute atomic E-state index is 11.1. The van der Waals surface area contributed by atoms with Crippen LogP contribution in [0.25, 0.3) is 0 Å². The minimum Gasteiger partial charge on any atom is -0.300 e. The first-order valence-corrected chi connectivity index (χ1v) is 4.50. The summed E-state index contributed by atoms with van der Waals surface area (Å²) in [5, 5.41) is 0. The van der Waals surface area contributed by atoms with Crippen molar-refractivity contribution < 1.29 is 9.59 Å². The number of hydrogen-bond donors (Lipinski definition) is 0. The molecule has 0 aromatic heterocycles. The van der Waals surface area contributed by atoms with Crippen LogP contribution in [-0.2, 0) is 9.59 Å². The Labute approximate surface area is 72.7 Å². The van der Waals surface area contributed by atoms with Crippen LogP contribution in [0.1, 0.15) is 38.5 Å². The molecule has 0 aromatic carbocycles. The highest BCUT2D eigenvalue weighted by atomic mass is 16.1. The Hall–Kier alpha value is -0.920. The van der Waals surface area contributed by atoms with E-state index < -0.39 is 0 Å². The predicted octanol–water partition coefficient (Wildman–Crippen LogP) is 2.04. The van der Waals surface area contributed by atoms with E-state index in [0.29, 0.717) is 25.0 Å². The molecule has 2 heteroatoms. The summed E-state index contributed by atoms with van der Waals surface area (Å²) in [6.07, 6.45) is 7.79. The number of hydrogen-bond acceptors (Lipinski definition) is 2. The van der Waals surface area contributed by atoms with Crippen LogP contribution in [0, 0.1) is 0 Å². The summed E-state index contributed by atoms with van der Waals surface area (Å²) in [6.45, 7) is 0. The first kappa shape index (κ1) is 9.17. The first-order chi connectivity index (χ1) is 5.79. The van der Waals surface area contributed by atoms with Crippen molar-refractivity contribution in [2.45, 2.75) is 38.5 Å². The van der Waals surface area contributed by atoms with Crippen molar-refractivity contribution in [2.24, 2.45) is 0 Å². The van der Waals surface area contributed by atoms with Crippen molar-refractivity contribution in [1.29, 1.82) is 0 Å². The summed E-state index contributed by atoms with van der Waals surface area (Å²) >= 11 is 0. The number of carbonyl (C=O) groups excluding carboxylic acids is 2. The van der Waals surface area contributed by atoms with Crippen molar-refractivity contribution in [3.05, 3.63) is 12.2 Å². The van der Waals surface area contributed by atoms with Gasteiger partial charge in [-0.05, 0) is 25.3 Å². The van der Waals surface area contributed by atoms with Gasteiger partial charge in [-0.2, -0.15) is 0 Å². The molecule has 0 N–H and O–H groups in total. The molecule has 0 aliphatic heterocycles. The first-order valence-electron chi connectivity index (χ1n) is 4.50. The zero-order chi connectivity index (χ0) is 8.81. The van der Waals surface area contributed by atoms with Gasteiger partial charge < -0.3 is 0 Å². The molecule has 1 rings (SSSR count). The zero-order valence-electron chi connectivity index (χ0n) is 7.21. The Bertz CT molecular complexity index is 204. The second kappa shape index (κ2) is 4.86. The van der Waals surface area contributed by atoms with Gasteiger partial charge >= 0.3 is 0 Å². The summed E-state index contributed by atoms with van der Waals surface area (Å²) in [7, 11) is 0. The van der Waals surface area contributed by atoms with E-state index in [-0.39, 0.29) is 5.78 Å². The van der Waals surface area contributed by atoms with Crippen LogP contribution in [0.15, 0.2) is 12.2 Å². The second-order valence-corrected chi connectivity index (χ2v) is 3.15. The fourth-order valence-electron chi connectivity index (χ4n) is 1.30. The van der Waals surface area contributed by atoms with Crippen LogP contribution < -0.4 is 0 Å². The van der Waals surface area contributed by atoms with Gasteiger partial charge in [-0.15, -0.1) is 0 Å². The molecule has 66 valence electrons. The lowest BCUT2D eigenvalue weighted by atomic mass is 10.0. The molecule has 0 aromatic rings. The van der Waals surface area contributed by atoms with Crippen molar-refractivity contribution in [1.82, 2.24) is 0 Å². The van der Waals surface area contributed by atoms with Gasteiger partial charge in [0.2, 0.25) is 0 Å². The van der Waals surface area contributed by atoms with Crippen LogP contribution in [0.3, 0.4) is 0 Å². The molecule has 0 atom stereocenters. The largest absolute Gasteiger partial charge is 0.300 e. The summed E-state index contributed by atoms with van der Waals surface area (Å²) in [6, 6.07) is 0. The zero-order valence-corrected chi connectivity index (χ0v) is 7.21. The van der Waals surface area contributed by atoms with Crippen LogP contribution >= 0.6 is 0 Å². The van der Waals surface area contributed by atoms with Crippen molar-refractivity contribution >= 4 is 11.6 Å². The van der Waals surface area contributed by atoms with Crippen molar-refractivity contribution in [3.63, 3.8) is 0 Å². The average Bonchev–Trinajstić information content (AvgIpc) is 2.04. The molecule has 2 nitrogen and oxygen atoms in total. The molecular formula is C10H14O2. The Balaban J connectivity index is 2.44. The molecule has 12 heavy (non-hydrogen) atoms. The fraction of sp³-hybridized carbons (Fsp3) is 0.600. The molecule has 1 aliphatic carbocycles. The van der Waals surface area contributed by atoms with E-state index >= 15 is 0 Å². The maximum Gasteiger partial charge on any atom is 0.155 e. The Kier molecular flexibility index (Phi) is 3.71. The van der Waals surface area contributed by atoms with E-state index in [9.17, 15) is 9.59 Å². The van der Waals surface area contributed by atoms with E-state index in [2.05, 4.69) is 0 Å². The molecule has 0 amide bonds. The van der Waals surface area contributed by atoms with Gasteiger partial charge in [-0.1, -0.05) is 6.08 Å². The van der Waals surface area contributed by atoms with Crippen LogP contribution in [0.5, 0.6) is 0 Å². The SMILES string of the molecule is O=C1/C=C\CCCC(=O)CCC1. The molecule has 0 fully saturated rings. The molecule has 0 heterocycles. The second-order valence-electron chi connectivity index (χ2n) is 3.15. The van der Waals surface area contributed by atoms with Crippen LogP contribution in [0.4, 0.5) is 0 Å². The molecule has 0 spiro atoms. The van der Waals surface area contributed by atoms with Gasteiger partial charge in [-0.3, -0.25) is 9.59 Å². The van der Waals surface area contributed by atoms with Gasteiger partial charge in [0.05, 0.1) is 0 Å². The third kappa shape index (κ3) is 3.46.